The van der Waals surface area contributed by atoms with Gasteiger partial charge in [-0.15, -0.1) is 0 Å². The maximum Gasteiger partial charge on any atom is 0.460 e. The zero-order valence-corrected chi connectivity index (χ0v) is 24.4. The van der Waals surface area contributed by atoms with Crippen molar-refractivity contribution in [1.82, 2.24) is 5.32 Å². The van der Waals surface area contributed by atoms with Crippen LogP contribution in [0.4, 0.5) is 74.6 Å². The minimum atomic E-state index is -8.68. The molecule has 0 aromatic carbocycles. The number of nitrogens with one attached hydrogen (secondary N) is 1. The van der Waals surface area contributed by atoms with Crippen molar-refractivity contribution >= 4 is 11.9 Å². The number of amides is 1. The molecule has 0 saturated carbocycles. The van der Waals surface area contributed by atoms with Crippen LogP contribution < -0.4 is 26.9 Å². The number of ether oxygens (including phenoxy) is 1. The van der Waals surface area contributed by atoms with E-state index in [1.54, 1.807) is 18.2 Å². The van der Waals surface area contributed by atoms with Gasteiger partial charge in [-0.2, -0.15) is 79.2 Å². The first kappa shape index (κ1) is 42.1. The van der Waals surface area contributed by atoms with Crippen LogP contribution in [0.1, 0.15) is 32.1 Å². The fraction of sp³-hybridized carbons (Fsp3) is 0.625. The van der Waals surface area contributed by atoms with E-state index >= 15 is 0 Å². The summed E-state index contributed by atoms with van der Waals surface area (Å²) in [6.07, 6.45) is -10.1. The molecule has 1 amide bonds. The van der Waals surface area contributed by atoms with Gasteiger partial charge in [0.2, 0.25) is 5.91 Å². The van der Waals surface area contributed by atoms with Gasteiger partial charge in [0, 0.05) is 25.0 Å². The molecule has 1 aromatic rings. The highest BCUT2D eigenvalue weighted by molar-refractivity contribution is 5.93. The summed E-state index contributed by atoms with van der Waals surface area (Å²) in [6, 6.07) is 4.82. The number of esters is 1. The summed E-state index contributed by atoms with van der Waals surface area (Å²) in [4.78, 5) is 24.2. The minimum Gasteiger partial charge on any atom is -1.00 e. The average molecular weight is 787 g/mol. The first-order valence-corrected chi connectivity index (χ1v) is 12.4. The van der Waals surface area contributed by atoms with E-state index in [0.29, 0.717) is 0 Å². The monoisotopic (exact) mass is 786 g/mol. The topological polar surface area (TPSA) is 59.3 Å². The van der Waals surface area contributed by atoms with Crippen molar-refractivity contribution in [3.8, 4) is 0 Å². The standard InChI is InChI=1S/C24H19F17N2O3.BrH/c25-17(26,18(27,28)19(29,30)20(31,32)21(33,34)22(35,36)23(37,38)24(39,40)41)8-2-5-11-46-16(45)13-6-7-15(44)42-14(13)12-43-9-3-1-4-10-43;/h1,3-4,9-10H,2,5-8,11-12H2;1H. The lowest BCUT2D eigenvalue weighted by Crippen LogP contribution is -3.00. The molecule has 0 fully saturated rings. The van der Waals surface area contributed by atoms with Crippen LogP contribution >= 0.6 is 0 Å². The Balaban J connectivity index is 0.0000110. The number of unbranched alkanes of at least 4 members (excludes halogenated alkanes) is 1. The highest BCUT2D eigenvalue weighted by Crippen LogP contribution is 2.64. The molecule has 1 aliphatic rings. The zero-order valence-electron chi connectivity index (χ0n) is 22.8. The number of nitrogens with zero attached hydrogens (tertiary/aromatic N) is 1. The third-order valence-electron chi connectivity index (χ3n) is 6.53. The Morgan fingerprint density at radius 2 is 1.15 bits per heavy atom. The second-order valence-corrected chi connectivity index (χ2v) is 9.79. The molecule has 0 aliphatic carbocycles. The fourth-order valence-corrected chi connectivity index (χ4v) is 3.83. The van der Waals surface area contributed by atoms with Crippen LogP contribution in [0.5, 0.6) is 0 Å². The van der Waals surface area contributed by atoms with E-state index in [1.165, 1.54) is 17.0 Å². The summed E-state index contributed by atoms with van der Waals surface area (Å²) < 4.78 is 233. The second-order valence-electron chi connectivity index (χ2n) is 9.79. The summed E-state index contributed by atoms with van der Waals surface area (Å²) in [5.74, 6) is -58.3. The molecule has 5 nitrogen and oxygen atoms in total. The molecular formula is C24H20BrF17N2O3. The van der Waals surface area contributed by atoms with Crippen LogP contribution in [0, 0.1) is 0 Å². The highest BCUT2D eigenvalue weighted by atomic mass is 79.9. The molecule has 0 bridgehead atoms. The molecule has 270 valence electrons. The number of carbonyl (C=O) groups is 2. The first-order valence-electron chi connectivity index (χ1n) is 12.4. The van der Waals surface area contributed by atoms with Crippen LogP contribution in [-0.4, -0.2) is 66.1 Å². The summed E-state index contributed by atoms with van der Waals surface area (Å²) >= 11 is 0. The molecule has 0 spiro atoms. The normalized spacial score (nSPS) is 16.1. The second kappa shape index (κ2) is 13.9. The Morgan fingerprint density at radius 3 is 1.64 bits per heavy atom. The number of hydrogen-bond acceptors (Lipinski definition) is 3. The number of pyridine rings is 1. The predicted molar refractivity (Wildman–Crippen MR) is 117 cm³/mol. The van der Waals surface area contributed by atoms with Crippen LogP contribution in [0.3, 0.4) is 0 Å². The Kier molecular flexibility index (Phi) is 12.5. The number of allylic oxidation sites excluding steroid dienone is 1. The van der Waals surface area contributed by atoms with Crippen molar-refractivity contribution < 1.29 is 111 Å². The summed E-state index contributed by atoms with van der Waals surface area (Å²) in [5.41, 5.74) is -0.0781. The summed E-state index contributed by atoms with van der Waals surface area (Å²) in [5, 5.41) is 2.40. The number of rotatable bonds is 14. The van der Waals surface area contributed by atoms with Crippen molar-refractivity contribution in [2.24, 2.45) is 0 Å². The molecule has 1 aromatic heterocycles. The smallest absolute Gasteiger partial charge is 0.460 e. The molecule has 0 saturated heterocycles. The maximum atomic E-state index is 14.0. The molecular weight excluding hydrogens is 767 g/mol. The van der Waals surface area contributed by atoms with E-state index in [2.05, 4.69) is 5.32 Å². The van der Waals surface area contributed by atoms with E-state index in [9.17, 15) is 84.2 Å². The number of carbonyl (C=O) groups excluding carboxylic acids is 2. The molecule has 1 N–H and O–H groups in total. The Bertz CT molecular complexity index is 1300. The van der Waals surface area contributed by atoms with Crippen LogP contribution in [0.2, 0.25) is 0 Å². The summed E-state index contributed by atoms with van der Waals surface area (Å²) in [7, 11) is 0. The average Bonchev–Trinajstić information content (AvgIpc) is 2.92. The van der Waals surface area contributed by atoms with Gasteiger partial charge in [-0.25, -0.2) is 4.79 Å². The van der Waals surface area contributed by atoms with Crippen LogP contribution in [-0.2, 0) is 20.9 Å². The van der Waals surface area contributed by atoms with Gasteiger partial charge in [0.15, 0.2) is 18.9 Å². The van der Waals surface area contributed by atoms with E-state index < -0.39 is 85.4 Å². The Labute approximate surface area is 262 Å². The van der Waals surface area contributed by atoms with Gasteiger partial charge in [-0.3, -0.25) is 4.79 Å². The quantitative estimate of drug-likeness (QED) is 0.135. The number of alkyl halides is 17. The zero-order chi connectivity index (χ0) is 35.8. The molecule has 0 unspecified atom stereocenters. The Morgan fingerprint density at radius 1 is 0.681 bits per heavy atom. The molecule has 0 atom stereocenters. The Hall–Kier alpha value is -2.88. The van der Waals surface area contributed by atoms with Gasteiger partial charge in [-0.05, 0) is 19.3 Å². The number of halogens is 18. The van der Waals surface area contributed by atoms with Gasteiger partial charge < -0.3 is 27.0 Å². The summed E-state index contributed by atoms with van der Waals surface area (Å²) in [6.45, 7) is -1.01. The van der Waals surface area contributed by atoms with E-state index in [1.807, 2.05) is 0 Å². The SMILES string of the molecule is O=C1CCC(C(=O)OCCCCC(F)(F)C(F)(F)C(F)(F)C(F)(F)C(F)(F)C(F)(F)C(F)(F)C(F)(F)F)=C(C[n+]2ccccc2)N1.[Br-]. The largest absolute Gasteiger partial charge is 1.00 e. The van der Waals surface area contributed by atoms with Gasteiger partial charge in [0.25, 0.3) is 0 Å². The van der Waals surface area contributed by atoms with Gasteiger partial charge >= 0.3 is 53.6 Å². The van der Waals surface area contributed by atoms with Gasteiger partial charge in [0.05, 0.1) is 17.9 Å². The molecule has 47 heavy (non-hydrogen) atoms. The molecule has 0 radical (unpaired) electrons. The molecule has 1 aliphatic heterocycles. The van der Waals surface area contributed by atoms with Gasteiger partial charge in [-0.1, -0.05) is 6.07 Å². The molecule has 23 heteroatoms. The third-order valence-corrected chi connectivity index (χ3v) is 6.53. The van der Waals surface area contributed by atoms with Crippen molar-refractivity contribution in [2.45, 2.75) is 86.3 Å². The maximum absolute atomic E-state index is 14.0. The lowest BCUT2D eigenvalue weighted by molar-refractivity contribution is -0.689. The van der Waals surface area contributed by atoms with E-state index in [0.717, 1.165) is 0 Å². The number of hydrogen-bond donors (Lipinski definition) is 1. The predicted octanol–water partition coefficient (Wildman–Crippen LogP) is 3.87. The third kappa shape index (κ3) is 7.57. The van der Waals surface area contributed by atoms with Crippen molar-refractivity contribution in [3.05, 3.63) is 41.9 Å². The fourth-order valence-electron chi connectivity index (χ4n) is 3.83. The van der Waals surface area contributed by atoms with E-state index in [4.69, 9.17) is 4.74 Å². The lowest BCUT2D eigenvalue weighted by atomic mass is 9.88. The lowest BCUT2D eigenvalue weighted by Gasteiger charge is -2.42. The minimum absolute atomic E-state index is 0. The molecule has 2 rings (SSSR count). The van der Waals surface area contributed by atoms with Crippen LogP contribution in [0.15, 0.2) is 41.9 Å². The first-order chi connectivity index (χ1) is 20.6. The van der Waals surface area contributed by atoms with Gasteiger partial charge in [0.1, 0.15) is 0 Å². The van der Waals surface area contributed by atoms with Crippen LogP contribution in [0.25, 0.3) is 0 Å². The van der Waals surface area contributed by atoms with Crippen molar-refractivity contribution in [1.29, 1.82) is 0 Å². The van der Waals surface area contributed by atoms with E-state index in [-0.39, 0.29) is 47.6 Å². The van der Waals surface area contributed by atoms with Crippen molar-refractivity contribution in [3.63, 3.8) is 0 Å². The number of aromatic nitrogens is 1. The highest BCUT2D eigenvalue weighted by Gasteiger charge is 2.95. The van der Waals surface area contributed by atoms with Crippen molar-refractivity contribution in [2.75, 3.05) is 6.61 Å². The molecule has 2 heterocycles.